The molecule has 3 aliphatic rings. The van der Waals surface area contributed by atoms with Gasteiger partial charge in [0, 0.05) is 91.2 Å². The number of benzene rings is 6. The molecule has 6 N–H and O–H groups in total. The molecule has 3 unspecified atom stereocenters. The number of ether oxygens (including phenoxy) is 3. The number of nitrogens with zero attached hydrogens (tertiary/aromatic N) is 9. The molecule has 3 aliphatic heterocycles. The Morgan fingerprint density at radius 1 is 0.379 bits per heavy atom. The molecule has 456 valence electrons. The van der Waals surface area contributed by atoms with E-state index in [0.29, 0.717) is 106 Å². The first-order valence-corrected chi connectivity index (χ1v) is 28.5. The third-order valence-electron chi connectivity index (χ3n) is 14.9. The first-order chi connectivity index (χ1) is 42.1. The molecular formula is C63H66F6N12O6. The summed E-state index contributed by atoms with van der Waals surface area (Å²) in [5.74, 6) is -1.64. The Labute approximate surface area is 497 Å². The molecule has 6 heterocycles. The molecule has 87 heavy (non-hydrogen) atoms. The molecule has 3 atom stereocenters. The molecule has 9 aromatic rings. The van der Waals surface area contributed by atoms with Crippen LogP contribution in [0.15, 0.2) is 110 Å². The number of fused-ring (bicyclic) bond motifs is 3. The van der Waals surface area contributed by atoms with Crippen molar-refractivity contribution >= 4 is 67.6 Å². The highest BCUT2D eigenvalue weighted by Crippen LogP contribution is 2.33. The average Bonchev–Trinajstić information content (AvgIpc) is 2.06. The number of aliphatic hydroxyl groups is 3. The Morgan fingerprint density at radius 3 is 0.851 bits per heavy atom. The summed E-state index contributed by atoms with van der Waals surface area (Å²) in [5.41, 5.74) is 9.46. The fourth-order valence-electron chi connectivity index (χ4n) is 10.6. The van der Waals surface area contributed by atoms with Gasteiger partial charge in [-0.1, -0.05) is 0 Å². The maximum atomic E-state index is 13.6. The van der Waals surface area contributed by atoms with Crippen molar-refractivity contribution in [2.24, 2.45) is 0 Å². The minimum Gasteiger partial charge on any atom is -0.392 e. The zero-order valence-corrected chi connectivity index (χ0v) is 48.1. The first kappa shape index (κ1) is 61.6. The lowest BCUT2D eigenvalue weighted by Crippen LogP contribution is -2.36. The van der Waals surface area contributed by atoms with Gasteiger partial charge < -0.3 is 60.2 Å². The standard InChI is InChI=1S/3C21H22F2N4O2/c3*1-13(25-17-9-15(22)8-16(23)10-17)18-6-14(12-28)7-19-21(18)26-20(11-24-19)27-2-4-29-5-3-27/h3*6-11,13,25,28H,2-5,12H2,1H3. The van der Waals surface area contributed by atoms with E-state index in [1.807, 2.05) is 39.0 Å². The van der Waals surface area contributed by atoms with Crippen molar-refractivity contribution in [2.75, 3.05) is 110 Å². The molecular weight excluding hydrogens is 1130 g/mol. The summed E-state index contributed by atoms with van der Waals surface area (Å²) in [6.45, 7) is 13.5. The molecule has 0 aliphatic carbocycles. The maximum Gasteiger partial charge on any atom is 0.148 e. The van der Waals surface area contributed by atoms with E-state index >= 15 is 0 Å². The molecule has 0 bridgehead atoms. The van der Waals surface area contributed by atoms with E-state index in [1.165, 1.54) is 36.4 Å². The molecule has 0 spiro atoms. The van der Waals surface area contributed by atoms with Crippen molar-refractivity contribution in [2.45, 2.75) is 58.7 Å². The highest BCUT2D eigenvalue weighted by molar-refractivity contribution is 5.83. The lowest BCUT2D eigenvalue weighted by atomic mass is 10.0. The summed E-state index contributed by atoms with van der Waals surface area (Å²) in [7, 11) is 0. The Kier molecular flexibility index (Phi) is 20.0. The highest BCUT2D eigenvalue weighted by atomic mass is 19.2. The van der Waals surface area contributed by atoms with E-state index in [2.05, 4.69) is 45.6 Å². The summed E-state index contributed by atoms with van der Waals surface area (Å²) in [6, 6.07) is 19.9. The van der Waals surface area contributed by atoms with Crippen LogP contribution in [0.2, 0.25) is 0 Å². The zero-order valence-electron chi connectivity index (χ0n) is 48.1. The van der Waals surface area contributed by atoms with Gasteiger partial charge in [-0.25, -0.2) is 41.3 Å². The van der Waals surface area contributed by atoms with Crippen LogP contribution in [-0.2, 0) is 34.0 Å². The third-order valence-corrected chi connectivity index (χ3v) is 14.9. The second kappa shape index (κ2) is 28.3. The number of halogens is 6. The number of rotatable bonds is 15. The van der Waals surface area contributed by atoms with Gasteiger partial charge in [-0.15, -0.1) is 0 Å². The molecule has 3 fully saturated rings. The van der Waals surface area contributed by atoms with Crippen LogP contribution in [-0.4, -0.2) is 124 Å². The normalized spacial score (nSPS) is 15.5. The third kappa shape index (κ3) is 15.6. The van der Waals surface area contributed by atoms with E-state index in [9.17, 15) is 41.7 Å². The van der Waals surface area contributed by atoms with Crippen LogP contribution in [0.3, 0.4) is 0 Å². The Hall–Kier alpha value is -8.52. The fourth-order valence-corrected chi connectivity index (χ4v) is 10.6. The smallest absolute Gasteiger partial charge is 0.148 e. The van der Waals surface area contributed by atoms with Crippen molar-refractivity contribution in [3.05, 3.63) is 178 Å². The number of anilines is 6. The number of aromatic nitrogens is 6. The quantitative estimate of drug-likeness (QED) is 0.0527. The van der Waals surface area contributed by atoms with Gasteiger partial charge in [-0.05, 0) is 110 Å². The minimum atomic E-state index is -0.650. The van der Waals surface area contributed by atoms with Crippen LogP contribution in [0.4, 0.5) is 60.9 Å². The van der Waals surface area contributed by atoms with Crippen LogP contribution in [0, 0.1) is 34.9 Å². The van der Waals surface area contributed by atoms with Crippen LogP contribution in [0.5, 0.6) is 0 Å². The lowest BCUT2D eigenvalue weighted by molar-refractivity contribution is 0.122. The van der Waals surface area contributed by atoms with Crippen molar-refractivity contribution in [3.8, 4) is 0 Å². The molecule has 3 saturated heterocycles. The Bertz CT molecular complexity index is 3410. The summed E-state index contributed by atoms with van der Waals surface area (Å²) in [4.78, 5) is 34.4. The molecule has 3 aromatic heterocycles. The Morgan fingerprint density at radius 2 is 0.621 bits per heavy atom. The average molecular weight is 1200 g/mol. The number of hydrogen-bond donors (Lipinski definition) is 6. The lowest BCUT2D eigenvalue weighted by Gasteiger charge is -2.28. The van der Waals surface area contributed by atoms with Gasteiger partial charge in [0.25, 0.3) is 0 Å². The Balaban J connectivity index is 0.000000144. The number of hydrogen-bond acceptors (Lipinski definition) is 18. The van der Waals surface area contributed by atoms with Crippen LogP contribution in [0.25, 0.3) is 33.1 Å². The SMILES string of the molecule is CC(Nc1cc(F)cc(F)c1)c1cc(CO)cc2ncc(N3CCOCC3)nc12.CC(Nc1cc(F)cc(F)c1)c1cc(CO)cc2ncc(N3CCOCC3)nc12.CC(Nc1cc(F)cc(F)c1)c1cc(CO)cc2ncc(N3CCOCC3)nc12. The van der Waals surface area contributed by atoms with Gasteiger partial charge in [0.2, 0.25) is 0 Å². The second-order valence-electron chi connectivity index (χ2n) is 21.2. The van der Waals surface area contributed by atoms with Gasteiger partial charge in [-0.2, -0.15) is 0 Å². The van der Waals surface area contributed by atoms with E-state index in [-0.39, 0.29) is 37.9 Å². The summed E-state index contributed by atoms with van der Waals surface area (Å²) < 4.78 is 97.6. The van der Waals surface area contributed by atoms with Gasteiger partial charge >= 0.3 is 0 Å². The van der Waals surface area contributed by atoms with Crippen LogP contribution >= 0.6 is 0 Å². The molecule has 12 rings (SSSR count). The van der Waals surface area contributed by atoms with Crippen molar-refractivity contribution in [3.63, 3.8) is 0 Å². The van der Waals surface area contributed by atoms with Gasteiger partial charge in [0.05, 0.1) is 129 Å². The van der Waals surface area contributed by atoms with Crippen LogP contribution < -0.4 is 30.7 Å². The molecule has 18 nitrogen and oxygen atoms in total. The summed E-state index contributed by atoms with van der Waals surface area (Å²) >= 11 is 0. The second-order valence-corrected chi connectivity index (χ2v) is 21.2. The number of morpholine rings is 3. The largest absolute Gasteiger partial charge is 0.392 e. The highest BCUT2D eigenvalue weighted by Gasteiger charge is 2.22. The molecule has 6 aromatic carbocycles. The predicted octanol–water partition coefficient (Wildman–Crippen LogP) is 10.2. The van der Waals surface area contributed by atoms with Crippen molar-refractivity contribution in [1.29, 1.82) is 0 Å². The van der Waals surface area contributed by atoms with E-state index in [0.717, 1.165) is 91.6 Å². The van der Waals surface area contributed by atoms with E-state index in [1.54, 1.807) is 36.8 Å². The molecule has 0 amide bonds. The summed E-state index contributed by atoms with van der Waals surface area (Å²) in [5, 5.41) is 38.3. The molecule has 24 heteroatoms. The number of nitrogens with one attached hydrogen (secondary N) is 3. The topological polar surface area (TPSA) is 212 Å². The van der Waals surface area contributed by atoms with Gasteiger partial charge in [-0.3, -0.25) is 15.0 Å². The molecule has 0 radical (unpaired) electrons. The molecule has 0 saturated carbocycles. The monoisotopic (exact) mass is 1200 g/mol. The maximum absolute atomic E-state index is 13.6. The van der Waals surface area contributed by atoms with E-state index < -0.39 is 34.9 Å². The summed E-state index contributed by atoms with van der Waals surface area (Å²) in [6.07, 6.45) is 5.16. The van der Waals surface area contributed by atoms with Gasteiger partial charge in [0.1, 0.15) is 52.4 Å². The zero-order chi connectivity index (χ0) is 61.1. The minimum absolute atomic E-state index is 0.142. The number of aliphatic hydroxyl groups excluding tert-OH is 3. The van der Waals surface area contributed by atoms with Gasteiger partial charge in [0.15, 0.2) is 0 Å². The van der Waals surface area contributed by atoms with Crippen molar-refractivity contribution < 1.29 is 55.9 Å². The van der Waals surface area contributed by atoms with Crippen LogP contribution in [0.1, 0.15) is 72.3 Å². The van der Waals surface area contributed by atoms with E-state index in [4.69, 9.17) is 29.2 Å². The van der Waals surface area contributed by atoms with Crippen molar-refractivity contribution in [1.82, 2.24) is 29.9 Å². The first-order valence-electron chi connectivity index (χ1n) is 28.5. The fraction of sp³-hybridized carbons (Fsp3) is 0.333. The predicted molar refractivity (Wildman–Crippen MR) is 321 cm³/mol.